The highest BCUT2D eigenvalue weighted by atomic mass is 35.5. The van der Waals surface area contributed by atoms with E-state index in [0.29, 0.717) is 5.69 Å². The van der Waals surface area contributed by atoms with Gasteiger partial charge in [0.05, 0.1) is 0 Å². The van der Waals surface area contributed by atoms with Crippen molar-refractivity contribution in [3.8, 4) is 0 Å². The molecule has 25 heavy (non-hydrogen) atoms. The molecular formula is C20H13Cl2NO2. The first-order valence-electron chi connectivity index (χ1n) is 7.51. The van der Waals surface area contributed by atoms with Crippen LogP contribution in [0.15, 0.2) is 78.9 Å². The molecule has 0 aliphatic rings. The molecule has 3 aromatic carbocycles. The maximum atomic E-state index is 11.7. The Kier molecular flexibility index (Phi) is 5.17. The number of anilines is 3. The topological polar surface area (TPSA) is 37.4 Å². The van der Waals surface area contributed by atoms with Gasteiger partial charge in [-0.3, -0.25) is 9.59 Å². The quantitative estimate of drug-likeness (QED) is 0.524. The van der Waals surface area contributed by atoms with Gasteiger partial charge in [-0.25, -0.2) is 0 Å². The van der Waals surface area contributed by atoms with E-state index in [1.165, 1.54) is 6.07 Å². The predicted molar refractivity (Wildman–Crippen MR) is 101 cm³/mol. The van der Waals surface area contributed by atoms with Crippen molar-refractivity contribution in [3.63, 3.8) is 0 Å². The van der Waals surface area contributed by atoms with E-state index in [-0.39, 0.29) is 11.1 Å². The Morgan fingerprint density at radius 3 is 1.36 bits per heavy atom. The number of hydrogen-bond acceptors (Lipinski definition) is 3. The van der Waals surface area contributed by atoms with Crippen molar-refractivity contribution in [3.05, 3.63) is 90.0 Å². The number of carbonyl (C=O) groups is 2. The van der Waals surface area contributed by atoms with Gasteiger partial charge in [-0.1, -0.05) is 36.4 Å². The predicted octanol–water partition coefficient (Wildman–Crippen LogP) is 5.91. The van der Waals surface area contributed by atoms with Gasteiger partial charge in [0, 0.05) is 28.2 Å². The first-order chi connectivity index (χ1) is 12.1. The minimum absolute atomic E-state index is 0.208. The first kappa shape index (κ1) is 17.2. The molecule has 0 fully saturated rings. The lowest BCUT2D eigenvalue weighted by Crippen LogP contribution is -2.11. The smallest absolute Gasteiger partial charge is 0.252 e. The molecule has 0 saturated carbocycles. The molecule has 5 heteroatoms. The third kappa shape index (κ3) is 3.90. The van der Waals surface area contributed by atoms with Crippen LogP contribution in [-0.4, -0.2) is 10.5 Å². The lowest BCUT2D eigenvalue weighted by molar-refractivity contribution is 0.108. The molecule has 3 rings (SSSR count). The molecule has 0 saturated heterocycles. The van der Waals surface area contributed by atoms with E-state index in [2.05, 4.69) is 0 Å². The number of para-hydroxylation sites is 2. The molecule has 0 unspecified atom stereocenters. The van der Waals surface area contributed by atoms with Crippen molar-refractivity contribution in [1.82, 2.24) is 0 Å². The highest BCUT2D eigenvalue weighted by molar-refractivity contribution is 6.69. The van der Waals surface area contributed by atoms with Gasteiger partial charge in [0.2, 0.25) is 0 Å². The Morgan fingerprint density at radius 1 is 0.600 bits per heavy atom. The van der Waals surface area contributed by atoms with E-state index in [1.54, 1.807) is 12.1 Å². The lowest BCUT2D eigenvalue weighted by atomic mass is 10.1. The Bertz CT molecular complexity index is 840. The summed E-state index contributed by atoms with van der Waals surface area (Å²) in [5.74, 6) is 0. The summed E-state index contributed by atoms with van der Waals surface area (Å²) < 4.78 is 0. The summed E-state index contributed by atoms with van der Waals surface area (Å²) in [7, 11) is 0. The zero-order valence-electron chi connectivity index (χ0n) is 13.0. The van der Waals surface area contributed by atoms with Crippen LogP contribution in [0.2, 0.25) is 0 Å². The maximum absolute atomic E-state index is 11.7. The van der Waals surface area contributed by atoms with Gasteiger partial charge in [-0.15, -0.1) is 0 Å². The minimum atomic E-state index is -0.651. The maximum Gasteiger partial charge on any atom is 0.252 e. The molecule has 0 spiro atoms. The van der Waals surface area contributed by atoms with Crippen LogP contribution >= 0.6 is 23.2 Å². The third-order valence-corrected chi connectivity index (χ3v) is 4.10. The number of hydrogen-bond donors (Lipinski definition) is 0. The van der Waals surface area contributed by atoms with E-state index < -0.39 is 10.5 Å². The molecular weight excluding hydrogens is 357 g/mol. The van der Waals surface area contributed by atoms with E-state index in [0.717, 1.165) is 11.4 Å². The molecule has 0 bridgehead atoms. The summed E-state index contributed by atoms with van der Waals surface area (Å²) in [6.07, 6.45) is 0. The van der Waals surface area contributed by atoms with E-state index in [4.69, 9.17) is 23.2 Å². The fourth-order valence-corrected chi connectivity index (χ4v) is 2.79. The monoisotopic (exact) mass is 369 g/mol. The average Bonchev–Trinajstić information content (AvgIpc) is 2.63. The number of halogens is 2. The fourth-order valence-electron chi connectivity index (χ4n) is 2.57. The standard InChI is InChI=1S/C20H13Cl2NO2/c21-19(24)14-11-15(20(22)25)13-18(12-14)23(16-7-3-1-4-8-16)17-9-5-2-6-10-17/h1-13H. The van der Waals surface area contributed by atoms with Crippen molar-refractivity contribution in [2.24, 2.45) is 0 Å². The molecule has 124 valence electrons. The van der Waals surface area contributed by atoms with Crippen LogP contribution in [0.1, 0.15) is 20.7 Å². The summed E-state index contributed by atoms with van der Waals surface area (Å²) in [5.41, 5.74) is 2.79. The SMILES string of the molecule is O=C(Cl)c1cc(C(=O)Cl)cc(N(c2ccccc2)c2ccccc2)c1. The largest absolute Gasteiger partial charge is 0.310 e. The third-order valence-electron chi connectivity index (χ3n) is 3.66. The highest BCUT2D eigenvalue weighted by Crippen LogP contribution is 2.35. The number of nitrogens with zero attached hydrogens (tertiary/aromatic N) is 1. The second-order valence-electron chi connectivity index (χ2n) is 5.32. The number of rotatable bonds is 5. The lowest BCUT2D eigenvalue weighted by Gasteiger charge is -2.26. The zero-order valence-corrected chi connectivity index (χ0v) is 14.5. The highest BCUT2D eigenvalue weighted by Gasteiger charge is 2.17. The van der Waals surface area contributed by atoms with Gasteiger partial charge in [-0.05, 0) is 65.7 Å². The van der Waals surface area contributed by atoms with Gasteiger partial charge in [0.1, 0.15) is 0 Å². The molecule has 3 nitrogen and oxygen atoms in total. The van der Waals surface area contributed by atoms with Gasteiger partial charge < -0.3 is 4.90 Å². The van der Waals surface area contributed by atoms with E-state index in [9.17, 15) is 9.59 Å². The Hall–Kier alpha value is -2.62. The van der Waals surface area contributed by atoms with Crippen molar-refractivity contribution in [2.75, 3.05) is 4.90 Å². The zero-order chi connectivity index (χ0) is 17.8. The van der Waals surface area contributed by atoms with Gasteiger partial charge in [-0.2, -0.15) is 0 Å². The molecule has 0 aliphatic heterocycles. The molecule has 0 N–H and O–H groups in total. The van der Waals surface area contributed by atoms with Gasteiger partial charge >= 0.3 is 0 Å². The molecule has 0 aromatic heterocycles. The number of carbonyl (C=O) groups excluding carboxylic acids is 2. The summed E-state index contributed by atoms with van der Waals surface area (Å²) in [6.45, 7) is 0. The van der Waals surface area contributed by atoms with Crippen molar-refractivity contribution >= 4 is 50.7 Å². The van der Waals surface area contributed by atoms with Crippen LogP contribution in [0.4, 0.5) is 17.1 Å². The van der Waals surface area contributed by atoms with E-state index in [1.807, 2.05) is 65.6 Å². The average molecular weight is 370 g/mol. The van der Waals surface area contributed by atoms with Crippen molar-refractivity contribution in [1.29, 1.82) is 0 Å². The normalized spacial score (nSPS) is 10.3. The molecule has 0 atom stereocenters. The van der Waals surface area contributed by atoms with Crippen LogP contribution in [0.5, 0.6) is 0 Å². The second-order valence-corrected chi connectivity index (χ2v) is 6.01. The first-order valence-corrected chi connectivity index (χ1v) is 8.27. The van der Waals surface area contributed by atoms with Crippen LogP contribution in [0.3, 0.4) is 0 Å². The minimum Gasteiger partial charge on any atom is -0.310 e. The number of benzene rings is 3. The Balaban J connectivity index is 2.23. The molecule has 0 aliphatic carbocycles. The van der Waals surface area contributed by atoms with Crippen LogP contribution < -0.4 is 4.90 Å². The van der Waals surface area contributed by atoms with Crippen LogP contribution in [-0.2, 0) is 0 Å². The fraction of sp³-hybridized carbons (Fsp3) is 0. The summed E-state index contributed by atoms with van der Waals surface area (Å²) in [4.78, 5) is 25.2. The van der Waals surface area contributed by atoms with E-state index >= 15 is 0 Å². The summed E-state index contributed by atoms with van der Waals surface area (Å²) in [5, 5.41) is -1.30. The Labute approximate surface area is 155 Å². The van der Waals surface area contributed by atoms with Gasteiger partial charge in [0.15, 0.2) is 0 Å². The summed E-state index contributed by atoms with van der Waals surface area (Å²) >= 11 is 11.3. The van der Waals surface area contributed by atoms with Crippen molar-refractivity contribution < 1.29 is 9.59 Å². The van der Waals surface area contributed by atoms with Crippen LogP contribution in [0.25, 0.3) is 0 Å². The van der Waals surface area contributed by atoms with Gasteiger partial charge in [0.25, 0.3) is 10.5 Å². The van der Waals surface area contributed by atoms with Crippen molar-refractivity contribution in [2.45, 2.75) is 0 Å². The molecule has 0 heterocycles. The summed E-state index contributed by atoms with van der Waals surface area (Å²) in [6, 6.07) is 23.9. The Morgan fingerprint density at radius 2 is 1.00 bits per heavy atom. The molecule has 3 aromatic rings. The molecule has 0 amide bonds. The van der Waals surface area contributed by atoms with Crippen LogP contribution in [0, 0.1) is 0 Å². The second kappa shape index (κ2) is 7.51. The molecule has 0 radical (unpaired) electrons.